The van der Waals surface area contributed by atoms with Gasteiger partial charge in [-0.25, -0.2) is 9.59 Å². The highest BCUT2D eigenvalue weighted by molar-refractivity contribution is 5.92. The summed E-state index contributed by atoms with van der Waals surface area (Å²) < 4.78 is 4.42. The van der Waals surface area contributed by atoms with Gasteiger partial charge in [-0.05, 0) is 18.6 Å². The number of nitrogens with one attached hydrogen (secondary N) is 2. The van der Waals surface area contributed by atoms with Gasteiger partial charge in [0.05, 0.1) is 7.11 Å². The first kappa shape index (κ1) is 15.5. The van der Waals surface area contributed by atoms with E-state index in [1.807, 2.05) is 0 Å². The van der Waals surface area contributed by atoms with Crippen molar-refractivity contribution in [3.8, 4) is 0 Å². The Hall–Kier alpha value is -2.57. The molecule has 0 aliphatic heterocycles. The summed E-state index contributed by atoms with van der Waals surface area (Å²) in [5.74, 6) is -1.74. The maximum atomic E-state index is 11.6. The van der Waals surface area contributed by atoms with Gasteiger partial charge >= 0.3 is 18.0 Å². The number of carboxylic acid groups (broad SMARTS) is 1. The number of rotatable bonds is 6. The van der Waals surface area contributed by atoms with Crippen molar-refractivity contribution < 1.29 is 24.2 Å². The molecule has 7 heteroatoms. The van der Waals surface area contributed by atoms with Crippen LogP contribution in [-0.4, -0.2) is 36.2 Å². The zero-order chi connectivity index (χ0) is 15.0. The van der Waals surface area contributed by atoms with Crippen LogP contribution in [0.5, 0.6) is 0 Å². The van der Waals surface area contributed by atoms with Crippen molar-refractivity contribution in [1.82, 2.24) is 5.32 Å². The van der Waals surface area contributed by atoms with E-state index in [0.29, 0.717) is 5.69 Å². The van der Waals surface area contributed by atoms with E-state index in [0.717, 1.165) is 0 Å². The number of hydrogen-bond donors (Lipinski definition) is 3. The molecule has 0 heterocycles. The van der Waals surface area contributed by atoms with Crippen LogP contribution < -0.4 is 10.6 Å². The van der Waals surface area contributed by atoms with Crippen molar-refractivity contribution in [2.24, 2.45) is 0 Å². The molecule has 0 fully saturated rings. The van der Waals surface area contributed by atoms with E-state index in [1.54, 1.807) is 30.3 Å². The molecule has 0 bridgehead atoms. The lowest BCUT2D eigenvalue weighted by Crippen LogP contribution is -2.43. The van der Waals surface area contributed by atoms with E-state index in [-0.39, 0.29) is 12.8 Å². The van der Waals surface area contributed by atoms with Crippen LogP contribution in [0.1, 0.15) is 12.8 Å². The van der Waals surface area contributed by atoms with Crippen molar-refractivity contribution in [1.29, 1.82) is 0 Å². The van der Waals surface area contributed by atoms with Gasteiger partial charge < -0.3 is 20.5 Å². The van der Waals surface area contributed by atoms with Crippen molar-refractivity contribution in [2.75, 3.05) is 12.4 Å². The maximum absolute atomic E-state index is 11.6. The Bertz CT molecular complexity index is 475. The van der Waals surface area contributed by atoms with Crippen molar-refractivity contribution in [3.05, 3.63) is 30.3 Å². The highest BCUT2D eigenvalue weighted by atomic mass is 16.5. The fourth-order valence-electron chi connectivity index (χ4n) is 1.47. The molecular weight excluding hydrogens is 264 g/mol. The van der Waals surface area contributed by atoms with E-state index in [4.69, 9.17) is 5.11 Å². The molecule has 0 aliphatic carbocycles. The van der Waals surface area contributed by atoms with Gasteiger partial charge in [-0.3, -0.25) is 4.79 Å². The third-order valence-corrected chi connectivity index (χ3v) is 2.50. The molecule has 0 aromatic heterocycles. The number of hydrogen-bond acceptors (Lipinski definition) is 4. The molecule has 0 aliphatic rings. The molecule has 0 unspecified atom stereocenters. The lowest BCUT2D eigenvalue weighted by Gasteiger charge is -2.14. The van der Waals surface area contributed by atoms with Crippen LogP contribution in [0.25, 0.3) is 0 Å². The Morgan fingerprint density at radius 1 is 1.25 bits per heavy atom. The summed E-state index contributed by atoms with van der Waals surface area (Å²) in [6.45, 7) is 0. The summed E-state index contributed by atoms with van der Waals surface area (Å²) >= 11 is 0. The van der Waals surface area contributed by atoms with Gasteiger partial charge in [0, 0.05) is 12.1 Å². The van der Waals surface area contributed by atoms with Crippen LogP contribution in [0.4, 0.5) is 10.5 Å². The number of urea groups is 1. The zero-order valence-corrected chi connectivity index (χ0v) is 11.0. The van der Waals surface area contributed by atoms with Crippen LogP contribution >= 0.6 is 0 Å². The van der Waals surface area contributed by atoms with Gasteiger partial charge in [0.15, 0.2) is 0 Å². The topological polar surface area (TPSA) is 105 Å². The molecule has 20 heavy (non-hydrogen) atoms. The summed E-state index contributed by atoms with van der Waals surface area (Å²) in [6.07, 6.45) is -0.122. The van der Waals surface area contributed by atoms with Crippen LogP contribution in [-0.2, 0) is 14.3 Å². The van der Waals surface area contributed by atoms with Crippen LogP contribution in [0.15, 0.2) is 30.3 Å². The number of carboxylic acids is 1. The van der Waals surface area contributed by atoms with Crippen LogP contribution in [0, 0.1) is 0 Å². The van der Waals surface area contributed by atoms with Gasteiger partial charge in [-0.2, -0.15) is 0 Å². The highest BCUT2D eigenvalue weighted by Crippen LogP contribution is 2.05. The summed E-state index contributed by atoms with van der Waals surface area (Å²) in [4.78, 5) is 33.6. The van der Waals surface area contributed by atoms with Gasteiger partial charge in [0.2, 0.25) is 0 Å². The lowest BCUT2D eigenvalue weighted by atomic mass is 10.1. The minimum absolute atomic E-state index is 0.0375. The fourth-order valence-corrected chi connectivity index (χ4v) is 1.47. The van der Waals surface area contributed by atoms with E-state index in [2.05, 4.69) is 15.4 Å². The molecule has 0 saturated carbocycles. The smallest absolute Gasteiger partial charge is 0.326 e. The number of aliphatic carboxylic acids is 1. The molecule has 0 saturated heterocycles. The average Bonchev–Trinajstić information content (AvgIpc) is 2.43. The number of carbonyl (C=O) groups is 3. The number of anilines is 1. The molecule has 0 spiro atoms. The largest absolute Gasteiger partial charge is 0.480 e. The summed E-state index contributed by atoms with van der Waals surface area (Å²) in [5.41, 5.74) is 0.544. The fraction of sp³-hybridized carbons (Fsp3) is 0.308. The van der Waals surface area contributed by atoms with E-state index < -0.39 is 24.0 Å². The lowest BCUT2D eigenvalue weighted by molar-refractivity contribution is -0.142. The van der Waals surface area contributed by atoms with Gasteiger partial charge in [0.1, 0.15) is 6.04 Å². The first-order chi connectivity index (χ1) is 9.52. The van der Waals surface area contributed by atoms with Crippen LogP contribution in [0.2, 0.25) is 0 Å². The monoisotopic (exact) mass is 280 g/mol. The zero-order valence-electron chi connectivity index (χ0n) is 11.0. The van der Waals surface area contributed by atoms with E-state index >= 15 is 0 Å². The third kappa shape index (κ3) is 5.38. The number of benzene rings is 1. The molecule has 3 N–H and O–H groups in total. The molecule has 1 aromatic carbocycles. The minimum atomic E-state index is -1.21. The molecule has 1 rings (SSSR count). The molecule has 1 aromatic rings. The SMILES string of the molecule is COC(=O)CC[C@@H](NC(=O)Nc1ccccc1)C(=O)O. The molecule has 108 valence electrons. The Morgan fingerprint density at radius 3 is 2.45 bits per heavy atom. The van der Waals surface area contributed by atoms with Crippen molar-refractivity contribution >= 4 is 23.7 Å². The molecule has 7 nitrogen and oxygen atoms in total. The van der Waals surface area contributed by atoms with Crippen LogP contribution in [0.3, 0.4) is 0 Å². The van der Waals surface area contributed by atoms with Gasteiger partial charge in [-0.1, -0.05) is 18.2 Å². The number of methoxy groups -OCH3 is 1. The molecule has 2 amide bonds. The Morgan fingerprint density at radius 2 is 1.90 bits per heavy atom. The van der Waals surface area contributed by atoms with Crippen molar-refractivity contribution in [2.45, 2.75) is 18.9 Å². The number of esters is 1. The highest BCUT2D eigenvalue weighted by Gasteiger charge is 2.21. The molecular formula is C13H16N2O5. The second-order valence-corrected chi connectivity index (χ2v) is 3.97. The second kappa shape index (κ2) is 7.78. The first-order valence-electron chi connectivity index (χ1n) is 5.95. The van der Waals surface area contributed by atoms with Gasteiger partial charge in [-0.15, -0.1) is 0 Å². The molecule has 1 atom stereocenters. The average molecular weight is 280 g/mol. The summed E-state index contributed by atoms with van der Waals surface area (Å²) in [5, 5.41) is 13.8. The number of para-hydroxylation sites is 1. The summed E-state index contributed by atoms with van der Waals surface area (Å²) in [7, 11) is 1.22. The third-order valence-electron chi connectivity index (χ3n) is 2.50. The predicted molar refractivity (Wildman–Crippen MR) is 71.3 cm³/mol. The quantitative estimate of drug-likeness (QED) is 0.679. The summed E-state index contributed by atoms with van der Waals surface area (Å²) in [6, 6.07) is 6.81. The first-order valence-corrected chi connectivity index (χ1v) is 5.95. The molecule has 0 radical (unpaired) electrons. The standard InChI is InChI=1S/C13H16N2O5/c1-20-11(16)8-7-10(12(17)18)15-13(19)14-9-5-3-2-4-6-9/h2-6,10H,7-8H2,1H3,(H,17,18)(H2,14,15,19)/t10-/m1/s1. The minimum Gasteiger partial charge on any atom is -0.480 e. The maximum Gasteiger partial charge on any atom is 0.326 e. The predicted octanol–water partition coefficient (Wildman–Crippen LogP) is 1.21. The Kier molecular flexibility index (Phi) is 6.02. The van der Waals surface area contributed by atoms with Crippen molar-refractivity contribution in [3.63, 3.8) is 0 Å². The number of carbonyl (C=O) groups excluding carboxylic acids is 2. The van der Waals surface area contributed by atoms with E-state index in [9.17, 15) is 14.4 Å². The van der Waals surface area contributed by atoms with E-state index in [1.165, 1.54) is 7.11 Å². The Balaban J connectivity index is 2.50. The van der Waals surface area contributed by atoms with Gasteiger partial charge in [0.25, 0.3) is 0 Å². The number of amides is 2. The normalized spacial score (nSPS) is 11.2. The second-order valence-electron chi connectivity index (χ2n) is 3.97. The Labute approximate surface area is 115 Å². The number of ether oxygens (including phenoxy) is 1.